The summed E-state index contributed by atoms with van der Waals surface area (Å²) < 4.78 is 7.36. The predicted molar refractivity (Wildman–Crippen MR) is 110 cm³/mol. The van der Waals surface area contributed by atoms with Gasteiger partial charge < -0.3 is 14.6 Å². The zero-order valence-corrected chi connectivity index (χ0v) is 17.7. The smallest absolute Gasteiger partial charge is 0.323 e. The van der Waals surface area contributed by atoms with Gasteiger partial charge in [0.15, 0.2) is 5.82 Å². The molecule has 1 saturated carbocycles. The number of hydrogen-bond acceptors (Lipinski definition) is 6. The second-order valence-corrected chi connectivity index (χ2v) is 8.70. The molecular formula is C20H22ClN7O2. The lowest BCUT2D eigenvalue weighted by Gasteiger charge is -2.61. The van der Waals surface area contributed by atoms with Gasteiger partial charge in [0.1, 0.15) is 11.9 Å². The number of nitrogens with zero attached hydrogens (tertiary/aromatic N) is 6. The number of aromatic nitrogens is 5. The van der Waals surface area contributed by atoms with E-state index in [2.05, 4.69) is 32.5 Å². The van der Waals surface area contributed by atoms with E-state index in [0.717, 1.165) is 19.3 Å². The summed E-state index contributed by atoms with van der Waals surface area (Å²) in [4.78, 5) is 19.4. The summed E-state index contributed by atoms with van der Waals surface area (Å²) in [6.07, 6.45) is 4.22. The summed E-state index contributed by atoms with van der Waals surface area (Å²) in [5.74, 6) is 2.02. The van der Waals surface area contributed by atoms with Gasteiger partial charge in [-0.2, -0.15) is 5.10 Å². The van der Waals surface area contributed by atoms with Gasteiger partial charge in [0.25, 0.3) is 0 Å². The van der Waals surface area contributed by atoms with Crippen molar-refractivity contribution in [2.75, 3.05) is 5.32 Å². The number of anilines is 1. The number of urea groups is 1. The Balaban J connectivity index is 1.43. The van der Waals surface area contributed by atoms with Crippen LogP contribution in [0.2, 0.25) is 5.02 Å². The van der Waals surface area contributed by atoms with Crippen molar-refractivity contribution in [2.45, 2.75) is 44.7 Å². The van der Waals surface area contributed by atoms with E-state index in [0.29, 0.717) is 39.8 Å². The van der Waals surface area contributed by atoms with E-state index < -0.39 is 5.54 Å². The third kappa shape index (κ3) is 2.96. The van der Waals surface area contributed by atoms with E-state index >= 15 is 0 Å². The van der Waals surface area contributed by atoms with Crippen molar-refractivity contribution in [3.8, 4) is 11.4 Å². The molecule has 1 aliphatic carbocycles. The minimum atomic E-state index is -0.536. The normalized spacial score (nSPS) is 25.1. The van der Waals surface area contributed by atoms with Crippen LogP contribution in [-0.2, 0) is 12.6 Å². The molecule has 3 atom stereocenters. The molecular weight excluding hydrogens is 406 g/mol. The van der Waals surface area contributed by atoms with Crippen LogP contribution in [0.1, 0.15) is 38.0 Å². The fraction of sp³-hybridized carbons (Fsp3) is 0.450. The van der Waals surface area contributed by atoms with Crippen LogP contribution in [0.5, 0.6) is 0 Å². The zero-order chi connectivity index (χ0) is 21.0. The number of halogens is 1. The monoisotopic (exact) mass is 427 g/mol. The Kier molecular flexibility index (Phi) is 4.32. The fourth-order valence-corrected chi connectivity index (χ4v) is 5.06. The second kappa shape index (κ2) is 6.80. The largest absolute Gasteiger partial charge is 0.423 e. The molecule has 2 bridgehead atoms. The highest BCUT2D eigenvalue weighted by molar-refractivity contribution is 6.33. The standard InChI is InChI=1S/C20H22ClN7O2/c1-11-6-14-9-20(8-11,18-25-24-12(2)30-18)28(14)19(29)23-13-4-5-16(21)15(7-13)17-22-10-27(3)26-17/h4-5,7,10-11,14H,6,8-9H2,1-3H3,(H,23,29)/t11-,14+,20-/m1/s1. The lowest BCUT2D eigenvalue weighted by Crippen LogP contribution is -2.70. The number of piperidine rings is 1. The van der Waals surface area contributed by atoms with Crippen LogP contribution in [0.3, 0.4) is 0 Å². The topological polar surface area (TPSA) is 102 Å². The van der Waals surface area contributed by atoms with Crippen LogP contribution >= 0.6 is 11.6 Å². The van der Waals surface area contributed by atoms with E-state index in [9.17, 15) is 4.79 Å². The molecule has 2 aliphatic rings. The van der Waals surface area contributed by atoms with Gasteiger partial charge in [0.2, 0.25) is 11.8 Å². The van der Waals surface area contributed by atoms with Crippen molar-refractivity contribution in [1.29, 1.82) is 0 Å². The highest BCUT2D eigenvalue weighted by Gasteiger charge is 2.62. The Hall–Kier alpha value is -2.94. The number of aryl methyl sites for hydroxylation is 2. The average molecular weight is 428 g/mol. The van der Waals surface area contributed by atoms with Crippen molar-refractivity contribution < 1.29 is 9.21 Å². The van der Waals surface area contributed by atoms with Crippen LogP contribution in [0.15, 0.2) is 28.9 Å². The number of carbonyl (C=O) groups is 1. The van der Waals surface area contributed by atoms with Crippen LogP contribution in [-0.4, -0.2) is 41.9 Å². The van der Waals surface area contributed by atoms with Gasteiger partial charge in [-0.1, -0.05) is 18.5 Å². The van der Waals surface area contributed by atoms with Gasteiger partial charge in [-0.05, 0) is 37.0 Å². The first-order valence-electron chi connectivity index (χ1n) is 9.92. The summed E-state index contributed by atoms with van der Waals surface area (Å²) >= 11 is 6.34. The first-order chi connectivity index (χ1) is 14.4. The van der Waals surface area contributed by atoms with Gasteiger partial charge >= 0.3 is 6.03 Å². The molecule has 30 heavy (non-hydrogen) atoms. The van der Waals surface area contributed by atoms with Crippen molar-refractivity contribution in [3.63, 3.8) is 0 Å². The molecule has 1 aliphatic heterocycles. The third-order valence-corrected chi connectivity index (χ3v) is 6.29. The number of carbonyl (C=O) groups excluding carboxylic acids is 1. The molecule has 5 rings (SSSR count). The number of hydrogen-bond donors (Lipinski definition) is 1. The van der Waals surface area contributed by atoms with Crippen molar-refractivity contribution in [3.05, 3.63) is 41.3 Å². The Labute approximate surface area is 178 Å². The fourth-order valence-electron chi connectivity index (χ4n) is 4.85. The maximum atomic E-state index is 13.3. The minimum absolute atomic E-state index is 0.158. The molecule has 3 aromatic rings. The van der Waals surface area contributed by atoms with E-state index in [1.54, 1.807) is 43.2 Å². The zero-order valence-electron chi connectivity index (χ0n) is 17.0. The molecule has 0 radical (unpaired) electrons. The summed E-state index contributed by atoms with van der Waals surface area (Å²) in [5.41, 5.74) is 0.752. The van der Waals surface area contributed by atoms with Crippen LogP contribution in [0.25, 0.3) is 11.4 Å². The minimum Gasteiger partial charge on any atom is -0.423 e. The van der Waals surface area contributed by atoms with Gasteiger partial charge in [-0.15, -0.1) is 10.2 Å². The van der Waals surface area contributed by atoms with Gasteiger partial charge in [0, 0.05) is 37.7 Å². The first kappa shape index (κ1) is 19.0. The van der Waals surface area contributed by atoms with E-state index in [4.69, 9.17) is 16.0 Å². The number of amides is 2. The lowest BCUT2D eigenvalue weighted by atomic mass is 9.64. The van der Waals surface area contributed by atoms with E-state index in [-0.39, 0.29) is 12.1 Å². The Morgan fingerprint density at radius 2 is 2.17 bits per heavy atom. The predicted octanol–water partition coefficient (Wildman–Crippen LogP) is 3.76. The number of rotatable bonds is 3. The molecule has 0 unspecified atom stereocenters. The highest BCUT2D eigenvalue weighted by atomic mass is 35.5. The second-order valence-electron chi connectivity index (χ2n) is 8.30. The maximum Gasteiger partial charge on any atom is 0.323 e. The van der Waals surface area contributed by atoms with Crippen LogP contribution in [0.4, 0.5) is 10.5 Å². The first-order valence-corrected chi connectivity index (χ1v) is 10.3. The molecule has 9 nitrogen and oxygen atoms in total. The van der Waals surface area contributed by atoms with Gasteiger partial charge in [-0.25, -0.2) is 9.78 Å². The number of benzene rings is 1. The summed E-state index contributed by atoms with van der Waals surface area (Å²) in [6, 6.07) is 5.27. The lowest BCUT2D eigenvalue weighted by molar-refractivity contribution is -0.110. The SMILES string of the molecule is Cc1nnc([C@@]23C[C@H](C)C[C@@H](C2)N3C(=O)Nc2ccc(Cl)c(-c3ncn(C)n3)c2)o1. The van der Waals surface area contributed by atoms with Gasteiger partial charge in [-0.3, -0.25) is 4.68 Å². The molecule has 1 aromatic carbocycles. The van der Waals surface area contributed by atoms with E-state index in [1.165, 1.54) is 0 Å². The molecule has 1 saturated heterocycles. The Bertz CT molecular complexity index is 1130. The summed E-state index contributed by atoms with van der Waals surface area (Å²) in [6.45, 7) is 3.96. The highest BCUT2D eigenvalue weighted by Crippen LogP contribution is 2.55. The summed E-state index contributed by atoms with van der Waals surface area (Å²) in [7, 11) is 1.79. The number of likely N-dealkylation sites (tertiary alicyclic amines) is 1. The van der Waals surface area contributed by atoms with Crippen LogP contribution in [0, 0.1) is 12.8 Å². The Morgan fingerprint density at radius 1 is 1.33 bits per heavy atom. The summed E-state index contributed by atoms with van der Waals surface area (Å²) in [5, 5.41) is 16.1. The number of fused-ring (bicyclic) bond motifs is 2. The average Bonchev–Trinajstić information content (AvgIpc) is 3.31. The molecule has 0 spiro atoms. The molecule has 1 N–H and O–H groups in total. The van der Waals surface area contributed by atoms with Crippen molar-refractivity contribution >= 4 is 23.3 Å². The molecule has 2 amide bonds. The molecule has 2 fully saturated rings. The number of nitrogens with one attached hydrogen (secondary N) is 1. The van der Waals surface area contributed by atoms with Crippen LogP contribution < -0.4 is 5.32 Å². The quantitative estimate of drug-likeness (QED) is 0.682. The third-order valence-electron chi connectivity index (χ3n) is 5.96. The van der Waals surface area contributed by atoms with Crippen molar-refractivity contribution in [1.82, 2.24) is 29.9 Å². The molecule has 10 heteroatoms. The molecule has 2 aromatic heterocycles. The molecule has 3 heterocycles. The maximum absolute atomic E-state index is 13.3. The van der Waals surface area contributed by atoms with E-state index in [1.807, 2.05) is 4.90 Å². The Morgan fingerprint density at radius 3 is 2.87 bits per heavy atom. The van der Waals surface area contributed by atoms with Gasteiger partial charge in [0.05, 0.1) is 5.02 Å². The molecule has 156 valence electrons. The van der Waals surface area contributed by atoms with Crippen molar-refractivity contribution in [2.24, 2.45) is 13.0 Å².